The molecule has 4 aromatic rings. The third-order valence-corrected chi connectivity index (χ3v) is 10.9. The van der Waals surface area contributed by atoms with E-state index in [1.54, 1.807) is 27.8 Å². The van der Waals surface area contributed by atoms with Gasteiger partial charge in [-0.05, 0) is 54.2 Å². The van der Waals surface area contributed by atoms with Gasteiger partial charge in [-0.3, -0.25) is 9.59 Å². The van der Waals surface area contributed by atoms with Crippen molar-refractivity contribution in [1.82, 2.24) is 14.5 Å². The number of hydrogen-bond acceptors (Lipinski definition) is 11. The number of nitrogens with one attached hydrogen (secondary N) is 1. The van der Waals surface area contributed by atoms with Crippen LogP contribution in [0.4, 0.5) is 26.0 Å². The van der Waals surface area contributed by atoms with Crippen LogP contribution in [0.1, 0.15) is 25.3 Å². The number of morpholine rings is 1. The Hall–Kier alpha value is -6.20. The molecule has 1 amide bonds. The van der Waals surface area contributed by atoms with E-state index in [0.29, 0.717) is 85.4 Å². The van der Waals surface area contributed by atoms with Crippen LogP contribution in [-0.4, -0.2) is 117 Å². The predicted molar refractivity (Wildman–Crippen MR) is 220 cm³/mol. The molecular formula is C42H47F2N8O7+. The van der Waals surface area contributed by atoms with E-state index < -0.39 is 33.7 Å². The Balaban J connectivity index is 1.16. The molecule has 0 saturated carbocycles. The van der Waals surface area contributed by atoms with Crippen molar-refractivity contribution in [2.75, 3.05) is 91.0 Å². The number of methoxy groups -OCH3 is 2. The molecule has 2 saturated heterocycles. The Morgan fingerprint density at radius 1 is 1.03 bits per heavy atom. The summed E-state index contributed by atoms with van der Waals surface area (Å²) in [5.74, 6) is -2.50. The summed E-state index contributed by atoms with van der Waals surface area (Å²) in [4.78, 5) is 51.3. The van der Waals surface area contributed by atoms with Crippen molar-refractivity contribution in [2.45, 2.75) is 25.3 Å². The van der Waals surface area contributed by atoms with Crippen molar-refractivity contribution in [3.8, 4) is 22.6 Å². The molecule has 5 heterocycles. The van der Waals surface area contributed by atoms with E-state index >= 15 is 8.78 Å². The quantitative estimate of drug-likeness (QED) is 0.0771. The summed E-state index contributed by atoms with van der Waals surface area (Å²) in [7, 11) is 6.35. The molecule has 310 valence electrons. The van der Waals surface area contributed by atoms with Gasteiger partial charge in [-0.15, -0.1) is 0 Å². The lowest BCUT2D eigenvalue weighted by atomic mass is 9.99. The fourth-order valence-corrected chi connectivity index (χ4v) is 7.89. The fourth-order valence-electron chi connectivity index (χ4n) is 7.89. The minimum Gasteiger partial charge on any atom is -0.494 e. The van der Waals surface area contributed by atoms with Gasteiger partial charge < -0.3 is 48.5 Å². The van der Waals surface area contributed by atoms with Crippen LogP contribution in [0.3, 0.4) is 0 Å². The highest BCUT2D eigenvalue weighted by Gasteiger charge is 2.31. The van der Waals surface area contributed by atoms with E-state index in [2.05, 4.69) is 20.2 Å². The van der Waals surface area contributed by atoms with Gasteiger partial charge in [0.05, 0.1) is 70.3 Å². The molecular weight excluding hydrogens is 767 g/mol. The molecule has 59 heavy (non-hydrogen) atoms. The Labute approximate surface area is 339 Å². The number of halogens is 2. The number of nitrogens with zero attached hydrogens (tertiary/aromatic N) is 7. The number of aliphatic imine (C=N–C) groups is 1. The zero-order valence-electron chi connectivity index (χ0n) is 33.5. The van der Waals surface area contributed by atoms with Crippen molar-refractivity contribution in [1.29, 1.82) is 0 Å². The monoisotopic (exact) mass is 813 g/mol. The molecule has 0 spiro atoms. The maximum Gasteiger partial charge on any atom is 0.368 e. The van der Waals surface area contributed by atoms with Gasteiger partial charge in [0.15, 0.2) is 23.1 Å². The maximum absolute atomic E-state index is 15.9. The zero-order chi connectivity index (χ0) is 41.8. The number of nitro groups is 1. The van der Waals surface area contributed by atoms with Crippen molar-refractivity contribution in [3.63, 3.8) is 0 Å². The van der Waals surface area contributed by atoms with Crippen molar-refractivity contribution < 1.29 is 37.2 Å². The number of rotatable bonds is 13. The maximum atomic E-state index is 15.9. The molecule has 0 unspecified atom stereocenters. The number of anilines is 3. The summed E-state index contributed by atoms with van der Waals surface area (Å²) in [5.41, 5.74) is 1.58. The van der Waals surface area contributed by atoms with Gasteiger partial charge in [-0.2, -0.15) is 0 Å². The van der Waals surface area contributed by atoms with Crippen LogP contribution in [0, 0.1) is 21.7 Å². The van der Waals surface area contributed by atoms with Gasteiger partial charge in [0.2, 0.25) is 5.91 Å². The molecule has 0 bridgehead atoms. The number of fused-ring (bicyclic) bond motifs is 1. The second-order valence-corrected chi connectivity index (χ2v) is 15.4. The number of likely N-dealkylation sites (tertiary alicyclic amines) is 1. The number of quaternary nitrogens is 1. The molecule has 0 atom stereocenters. The van der Waals surface area contributed by atoms with E-state index in [0.717, 1.165) is 30.5 Å². The summed E-state index contributed by atoms with van der Waals surface area (Å²) in [5, 5.41) is 15.2. The number of likely N-dealkylation sites (N-methyl/N-ethyl adjacent to an activating group) is 1. The zero-order valence-corrected chi connectivity index (χ0v) is 33.5. The number of aromatic nitrogens is 2. The second-order valence-electron chi connectivity index (χ2n) is 15.4. The number of piperidine rings is 1. The molecule has 17 heteroatoms. The van der Waals surface area contributed by atoms with Crippen molar-refractivity contribution in [3.05, 3.63) is 104 Å². The fraction of sp³-hybridized carbons (Fsp3) is 0.381. The molecule has 3 aliphatic rings. The van der Waals surface area contributed by atoms with E-state index in [4.69, 9.17) is 14.2 Å². The van der Waals surface area contributed by atoms with E-state index in [9.17, 15) is 19.7 Å². The van der Waals surface area contributed by atoms with Crippen LogP contribution in [0.25, 0.3) is 22.0 Å². The van der Waals surface area contributed by atoms with Gasteiger partial charge in [-0.1, -0.05) is 4.99 Å². The molecule has 7 rings (SSSR count). The van der Waals surface area contributed by atoms with E-state index in [1.165, 1.54) is 32.6 Å². The number of amides is 1. The van der Waals surface area contributed by atoms with Gasteiger partial charge in [0, 0.05) is 79.8 Å². The summed E-state index contributed by atoms with van der Waals surface area (Å²) in [6, 6.07) is 11.8. The lowest BCUT2D eigenvalue weighted by Gasteiger charge is -2.33. The summed E-state index contributed by atoms with van der Waals surface area (Å²) in [6.07, 6.45) is 7.57. The highest BCUT2D eigenvalue weighted by atomic mass is 19.1. The SMILES string of the molecule is COc1cc(OC)c(F)c(-c2cc3cnc(Nc4ccc(N5CCOCC5)cc4)cc3n(C3CCN(C(=O)/C=C/C[N+](C)(C)CC4=C([N+](=O)[O-])N=CC4)CC3)c2=O)c1F. The van der Waals surface area contributed by atoms with Gasteiger partial charge in [0.1, 0.15) is 18.6 Å². The van der Waals surface area contributed by atoms with E-state index in [-0.39, 0.29) is 28.8 Å². The third kappa shape index (κ3) is 8.80. The third-order valence-electron chi connectivity index (χ3n) is 10.9. The molecule has 2 aromatic carbocycles. The van der Waals surface area contributed by atoms with Crippen LogP contribution in [0.15, 0.2) is 82.0 Å². The first kappa shape index (κ1) is 41.0. The number of carbonyl (C=O) groups is 1. The van der Waals surface area contributed by atoms with Crippen LogP contribution < -0.4 is 25.2 Å². The molecule has 2 fully saturated rings. The first-order valence-electron chi connectivity index (χ1n) is 19.4. The summed E-state index contributed by atoms with van der Waals surface area (Å²) < 4.78 is 49.6. The number of ether oxygens (including phenoxy) is 3. The molecule has 3 aliphatic heterocycles. The van der Waals surface area contributed by atoms with Crippen molar-refractivity contribution >= 4 is 40.2 Å². The Kier molecular flexibility index (Phi) is 12.0. The second kappa shape index (κ2) is 17.3. The number of pyridine rings is 2. The van der Waals surface area contributed by atoms with Crippen LogP contribution in [0.2, 0.25) is 0 Å². The van der Waals surface area contributed by atoms with E-state index in [1.807, 2.05) is 38.4 Å². The summed E-state index contributed by atoms with van der Waals surface area (Å²) >= 11 is 0. The lowest BCUT2D eigenvalue weighted by molar-refractivity contribution is -0.880. The smallest absolute Gasteiger partial charge is 0.368 e. The van der Waals surface area contributed by atoms with Gasteiger partial charge in [0.25, 0.3) is 5.56 Å². The molecule has 2 aromatic heterocycles. The van der Waals surface area contributed by atoms with Crippen LogP contribution >= 0.6 is 0 Å². The highest BCUT2D eigenvalue weighted by molar-refractivity contribution is 5.88. The predicted octanol–water partition coefficient (Wildman–Crippen LogP) is 5.70. The minimum atomic E-state index is -1.04. The Morgan fingerprint density at radius 3 is 2.36 bits per heavy atom. The molecule has 0 radical (unpaired) electrons. The number of hydrogen-bond donors (Lipinski definition) is 1. The average Bonchev–Trinajstić information content (AvgIpc) is 3.69. The number of benzene rings is 2. The Morgan fingerprint density at radius 2 is 1.71 bits per heavy atom. The number of carbonyl (C=O) groups excluding carboxylic acids is 1. The Bertz CT molecular complexity index is 2370. The standard InChI is InChI=1S/C42H46F2N8O7/c1-52(2,26-27-11-14-45-41(27)51(55)56)19-5-6-37(53)49-15-12-31(13-16-49)50-33-23-36(47-29-7-9-30(10-8-29)48-17-20-59-21-18-48)46-25-28(33)22-32(42(50)54)38-39(43)34(57-3)24-35(58-4)40(38)44/h5-10,14,22-25,31H,11-13,15-21,26H2,1-4H3/p+1/b6-5+. The average molecular weight is 814 g/mol. The normalized spacial score (nSPS) is 16.4. The first-order valence-corrected chi connectivity index (χ1v) is 19.4. The van der Waals surface area contributed by atoms with Gasteiger partial charge >= 0.3 is 5.82 Å². The highest BCUT2D eigenvalue weighted by Crippen LogP contribution is 2.38. The van der Waals surface area contributed by atoms with Crippen LogP contribution in [-0.2, 0) is 9.53 Å². The van der Waals surface area contributed by atoms with Crippen molar-refractivity contribution in [2.24, 2.45) is 4.99 Å². The summed E-state index contributed by atoms with van der Waals surface area (Å²) in [6.45, 7) is 4.47. The largest absolute Gasteiger partial charge is 0.494 e. The van der Waals surface area contributed by atoms with Crippen LogP contribution in [0.5, 0.6) is 11.5 Å². The first-order chi connectivity index (χ1) is 28.4. The van der Waals surface area contributed by atoms with Gasteiger partial charge in [-0.25, -0.2) is 13.8 Å². The molecule has 15 nitrogen and oxygen atoms in total. The lowest BCUT2D eigenvalue weighted by Crippen LogP contribution is -2.42. The minimum absolute atomic E-state index is 0.117. The molecule has 1 N–H and O–H groups in total. The topological polar surface area (TPSA) is 154 Å². The molecule has 0 aliphatic carbocycles.